The van der Waals surface area contributed by atoms with Gasteiger partial charge in [0.1, 0.15) is 0 Å². The normalized spacial score (nSPS) is 23.7. The van der Waals surface area contributed by atoms with Gasteiger partial charge >= 0.3 is 12.1 Å². The molecule has 26 heavy (non-hydrogen) atoms. The second-order valence-corrected chi connectivity index (χ2v) is 7.14. The third kappa shape index (κ3) is 2.64. The number of anilines is 1. The number of amides is 3. The number of urea groups is 1. The van der Waals surface area contributed by atoms with Crippen LogP contribution in [0.3, 0.4) is 0 Å². The standard InChI is InChI=1S/C19H22N4O3/c1-2-5-17(24)16-9-11-8-15(11)23(16)19(26)21-13-10-22(18(20)25)14-7-4-3-6-12(13)14/h3-4,6-7,10-11,15-16H,2,5,8-9H2,1H3,(H2,20,25)(H,21,26)/t11-,15-,16+/m1/s1. The topological polar surface area (TPSA) is 97.4 Å². The predicted octanol–water partition coefficient (Wildman–Crippen LogP) is 2.93. The molecule has 4 rings (SSSR count). The van der Waals surface area contributed by atoms with Crippen molar-refractivity contribution in [3.63, 3.8) is 0 Å². The number of fused-ring (bicyclic) bond motifs is 2. The zero-order valence-electron chi connectivity index (χ0n) is 14.6. The molecular weight excluding hydrogens is 332 g/mol. The summed E-state index contributed by atoms with van der Waals surface area (Å²) in [7, 11) is 0. The van der Waals surface area contributed by atoms with E-state index >= 15 is 0 Å². The van der Waals surface area contributed by atoms with Gasteiger partial charge in [0, 0.05) is 24.0 Å². The Labute approximate surface area is 151 Å². The molecule has 7 heteroatoms. The van der Waals surface area contributed by atoms with E-state index in [2.05, 4.69) is 5.32 Å². The van der Waals surface area contributed by atoms with Gasteiger partial charge in [-0.05, 0) is 31.2 Å². The number of ketones is 1. The van der Waals surface area contributed by atoms with E-state index in [1.54, 1.807) is 11.0 Å². The van der Waals surface area contributed by atoms with Crippen molar-refractivity contribution < 1.29 is 14.4 Å². The molecule has 3 atom stereocenters. The molecule has 1 aliphatic heterocycles. The number of nitrogens with zero attached hydrogens (tertiary/aromatic N) is 2. The van der Waals surface area contributed by atoms with Crippen molar-refractivity contribution in [2.24, 2.45) is 11.7 Å². The van der Waals surface area contributed by atoms with Gasteiger partial charge in [0.2, 0.25) is 0 Å². The molecule has 3 amide bonds. The van der Waals surface area contributed by atoms with E-state index in [1.807, 2.05) is 25.1 Å². The molecule has 2 aromatic rings. The Bertz CT molecular complexity index is 903. The second kappa shape index (κ2) is 6.16. The molecule has 3 N–H and O–H groups in total. The van der Waals surface area contributed by atoms with Gasteiger partial charge in [0.15, 0.2) is 5.78 Å². The van der Waals surface area contributed by atoms with Gasteiger partial charge in [-0.2, -0.15) is 0 Å². The summed E-state index contributed by atoms with van der Waals surface area (Å²) < 4.78 is 1.31. The largest absolute Gasteiger partial charge is 0.351 e. The highest BCUT2D eigenvalue weighted by Crippen LogP contribution is 2.48. The molecule has 0 bridgehead atoms. The third-order valence-electron chi connectivity index (χ3n) is 5.40. The Hall–Kier alpha value is -2.83. The Morgan fingerprint density at radius 3 is 2.73 bits per heavy atom. The number of hydrogen-bond acceptors (Lipinski definition) is 3. The number of likely N-dealkylation sites (tertiary alicyclic amines) is 1. The van der Waals surface area contributed by atoms with Gasteiger partial charge in [0.25, 0.3) is 0 Å². The van der Waals surface area contributed by atoms with Crippen LogP contribution in [0.1, 0.15) is 32.6 Å². The molecule has 2 fully saturated rings. The van der Waals surface area contributed by atoms with Crippen LogP contribution in [0.25, 0.3) is 10.9 Å². The highest BCUT2D eigenvalue weighted by Gasteiger charge is 2.55. The van der Waals surface area contributed by atoms with Crippen LogP contribution < -0.4 is 11.1 Å². The number of carbonyl (C=O) groups is 3. The summed E-state index contributed by atoms with van der Waals surface area (Å²) in [6.45, 7) is 1.97. The highest BCUT2D eigenvalue weighted by molar-refractivity contribution is 6.05. The number of nitrogens with one attached hydrogen (secondary N) is 1. The number of para-hydroxylation sites is 1. The number of primary amides is 1. The smallest absolute Gasteiger partial charge is 0.323 e. The lowest BCUT2D eigenvalue weighted by molar-refractivity contribution is -0.123. The molecule has 7 nitrogen and oxygen atoms in total. The fourth-order valence-corrected chi connectivity index (χ4v) is 4.09. The Kier molecular flexibility index (Phi) is 3.94. The first-order chi connectivity index (χ1) is 12.5. The summed E-state index contributed by atoms with van der Waals surface area (Å²) in [6, 6.07) is 6.18. The quantitative estimate of drug-likeness (QED) is 0.883. The highest BCUT2D eigenvalue weighted by atomic mass is 16.2. The summed E-state index contributed by atoms with van der Waals surface area (Å²) in [5, 5.41) is 3.63. The molecule has 2 aliphatic rings. The second-order valence-electron chi connectivity index (χ2n) is 7.14. The number of piperidine rings is 1. The molecule has 136 valence electrons. The van der Waals surface area contributed by atoms with E-state index in [4.69, 9.17) is 5.73 Å². The van der Waals surface area contributed by atoms with Crippen molar-refractivity contribution in [1.29, 1.82) is 0 Å². The van der Waals surface area contributed by atoms with Crippen molar-refractivity contribution in [1.82, 2.24) is 9.47 Å². The first-order valence-electron chi connectivity index (χ1n) is 9.03. The average Bonchev–Trinajstić information content (AvgIpc) is 3.12. The minimum absolute atomic E-state index is 0.134. The van der Waals surface area contributed by atoms with Crippen LogP contribution in [0.2, 0.25) is 0 Å². The van der Waals surface area contributed by atoms with Gasteiger partial charge in [0.05, 0.1) is 17.2 Å². The van der Waals surface area contributed by atoms with Gasteiger partial charge in [-0.3, -0.25) is 9.36 Å². The summed E-state index contributed by atoms with van der Waals surface area (Å²) in [4.78, 5) is 38.7. The average molecular weight is 354 g/mol. The van der Waals surface area contributed by atoms with Crippen LogP contribution in [0.5, 0.6) is 0 Å². The molecule has 2 heterocycles. The van der Waals surface area contributed by atoms with Crippen LogP contribution in [0.15, 0.2) is 30.5 Å². The Morgan fingerprint density at radius 1 is 1.23 bits per heavy atom. The maximum atomic E-state index is 12.9. The fraction of sp³-hybridized carbons (Fsp3) is 0.421. The molecule has 0 spiro atoms. The van der Waals surface area contributed by atoms with E-state index in [0.29, 0.717) is 23.5 Å². The lowest BCUT2D eigenvalue weighted by Gasteiger charge is -2.26. The van der Waals surface area contributed by atoms with Crippen LogP contribution in [-0.2, 0) is 4.79 Å². The zero-order chi connectivity index (χ0) is 18.4. The van der Waals surface area contributed by atoms with Gasteiger partial charge in [-0.25, -0.2) is 9.59 Å². The Morgan fingerprint density at radius 2 is 2.00 bits per heavy atom. The first-order valence-corrected chi connectivity index (χ1v) is 9.03. The number of rotatable bonds is 4. The lowest BCUT2D eigenvalue weighted by atomic mass is 10.0. The number of Topliss-reactive ketones (excluding diaryl/α,β-unsaturated/α-hetero) is 1. The monoisotopic (exact) mass is 354 g/mol. The third-order valence-corrected chi connectivity index (χ3v) is 5.40. The minimum atomic E-state index is -0.610. The molecule has 1 aliphatic carbocycles. The van der Waals surface area contributed by atoms with Gasteiger partial charge in [-0.15, -0.1) is 0 Å². The molecule has 1 saturated carbocycles. The SMILES string of the molecule is CCCC(=O)[C@@H]1C[C@H]2C[C@H]2N1C(=O)Nc1cn(C(N)=O)c2ccccc12. The van der Waals surface area contributed by atoms with Crippen molar-refractivity contribution in [2.45, 2.75) is 44.7 Å². The molecule has 0 radical (unpaired) electrons. The van der Waals surface area contributed by atoms with E-state index < -0.39 is 6.03 Å². The fourth-order valence-electron chi connectivity index (χ4n) is 4.09. The van der Waals surface area contributed by atoms with E-state index in [9.17, 15) is 14.4 Å². The number of carbonyl (C=O) groups excluding carboxylic acids is 3. The number of benzene rings is 1. The Balaban J connectivity index is 1.61. The summed E-state index contributed by atoms with van der Waals surface area (Å²) in [5.74, 6) is 0.577. The van der Waals surface area contributed by atoms with Gasteiger partial charge in [-0.1, -0.05) is 25.1 Å². The van der Waals surface area contributed by atoms with E-state index in [1.165, 1.54) is 10.8 Å². The first kappa shape index (κ1) is 16.6. The molecular formula is C19H22N4O3. The van der Waals surface area contributed by atoms with Crippen LogP contribution >= 0.6 is 0 Å². The maximum absolute atomic E-state index is 12.9. The molecule has 1 aromatic heterocycles. The summed E-state index contributed by atoms with van der Waals surface area (Å²) in [5.41, 5.74) is 6.59. The number of hydrogen-bond donors (Lipinski definition) is 2. The maximum Gasteiger partial charge on any atom is 0.323 e. The number of aromatic nitrogens is 1. The minimum Gasteiger partial charge on any atom is -0.351 e. The van der Waals surface area contributed by atoms with Crippen LogP contribution in [0.4, 0.5) is 15.3 Å². The summed E-state index contributed by atoms with van der Waals surface area (Å²) >= 11 is 0. The summed E-state index contributed by atoms with van der Waals surface area (Å²) in [6.07, 6.45) is 4.54. The predicted molar refractivity (Wildman–Crippen MR) is 98.0 cm³/mol. The molecule has 1 saturated heterocycles. The molecule has 1 aromatic carbocycles. The number of nitrogens with two attached hydrogens (primary N) is 1. The van der Waals surface area contributed by atoms with Crippen molar-refractivity contribution >= 4 is 34.4 Å². The zero-order valence-corrected chi connectivity index (χ0v) is 14.6. The van der Waals surface area contributed by atoms with Crippen molar-refractivity contribution in [3.8, 4) is 0 Å². The molecule has 0 unspecified atom stereocenters. The van der Waals surface area contributed by atoms with Crippen LogP contribution in [0, 0.1) is 5.92 Å². The van der Waals surface area contributed by atoms with E-state index in [-0.39, 0.29) is 23.9 Å². The van der Waals surface area contributed by atoms with Gasteiger partial charge < -0.3 is 16.0 Å². The van der Waals surface area contributed by atoms with Crippen molar-refractivity contribution in [3.05, 3.63) is 30.5 Å². The van der Waals surface area contributed by atoms with Crippen LogP contribution in [-0.4, -0.2) is 39.4 Å². The lowest BCUT2D eigenvalue weighted by Crippen LogP contribution is -2.45. The van der Waals surface area contributed by atoms with Crippen molar-refractivity contribution in [2.75, 3.05) is 5.32 Å². The van der Waals surface area contributed by atoms with E-state index in [0.717, 1.165) is 24.6 Å².